The highest BCUT2D eigenvalue weighted by Crippen LogP contribution is 2.50. The highest BCUT2D eigenvalue weighted by Gasteiger charge is 2.36. The molecule has 0 atom stereocenters. The largest absolute Gasteiger partial charge is 0.264 e. The standard InChI is InChI=1S/C48H33N5/c1-48(2)43-24-31(29-49)15-21-41(43)42-22-20-36(28-44(42)48)39-25-38(33-18-16-32(17-19-33)37-14-9-23-50-30-37)26-40(27-39)47-52-45(34-10-5-3-6-11-34)51-46(53-47)35-12-7-4-8-13-35/h3-28,30H,1-2H3. The Bertz CT molecular complexity index is 2620. The molecule has 5 nitrogen and oxygen atoms in total. The van der Waals surface area contributed by atoms with Crippen LogP contribution in [0, 0.1) is 11.3 Å². The molecule has 0 saturated carbocycles. The van der Waals surface area contributed by atoms with Gasteiger partial charge in [0.05, 0.1) is 11.6 Å². The van der Waals surface area contributed by atoms with Crippen LogP contribution in [-0.4, -0.2) is 19.9 Å². The Balaban J connectivity index is 1.22. The fourth-order valence-electron chi connectivity index (χ4n) is 7.40. The summed E-state index contributed by atoms with van der Waals surface area (Å²) in [6, 6.07) is 54.5. The highest BCUT2D eigenvalue weighted by atomic mass is 15.0. The molecule has 0 spiro atoms. The molecule has 0 bridgehead atoms. The summed E-state index contributed by atoms with van der Waals surface area (Å²) in [5, 5.41) is 9.66. The Morgan fingerprint density at radius 3 is 1.51 bits per heavy atom. The maximum atomic E-state index is 9.66. The van der Waals surface area contributed by atoms with Crippen molar-refractivity contribution in [2.45, 2.75) is 19.3 Å². The second kappa shape index (κ2) is 12.9. The van der Waals surface area contributed by atoms with E-state index in [2.05, 4.69) is 97.7 Å². The van der Waals surface area contributed by atoms with E-state index >= 15 is 0 Å². The van der Waals surface area contributed by atoms with E-state index in [1.807, 2.05) is 85.1 Å². The van der Waals surface area contributed by atoms with Gasteiger partial charge in [-0.15, -0.1) is 0 Å². The predicted octanol–water partition coefficient (Wildman–Crippen LogP) is 11.4. The second-order valence-corrected chi connectivity index (χ2v) is 13.9. The third-order valence-electron chi connectivity index (χ3n) is 10.2. The quantitative estimate of drug-likeness (QED) is 0.175. The third-order valence-corrected chi connectivity index (χ3v) is 10.2. The van der Waals surface area contributed by atoms with Crippen LogP contribution in [0.3, 0.4) is 0 Å². The van der Waals surface area contributed by atoms with Crippen LogP contribution in [0.5, 0.6) is 0 Å². The number of rotatable bonds is 6. The Morgan fingerprint density at radius 2 is 0.925 bits per heavy atom. The summed E-state index contributed by atoms with van der Waals surface area (Å²) in [4.78, 5) is 19.4. The van der Waals surface area contributed by atoms with Crippen molar-refractivity contribution in [3.05, 3.63) is 181 Å². The maximum Gasteiger partial charge on any atom is 0.164 e. The van der Waals surface area contributed by atoms with Crippen LogP contribution < -0.4 is 0 Å². The Morgan fingerprint density at radius 1 is 0.434 bits per heavy atom. The number of hydrogen-bond acceptors (Lipinski definition) is 5. The number of fused-ring (bicyclic) bond motifs is 3. The van der Waals surface area contributed by atoms with Gasteiger partial charge in [0.1, 0.15) is 0 Å². The minimum atomic E-state index is -0.264. The molecule has 1 aliphatic carbocycles. The number of pyridine rings is 1. The van der Waals surface area contributed by atoms with Crippen LogP contribution in [0.25, 0.3) is 78.7 Å². The van der Waals surface area contributed by atoms with Crippen LogP contribution >= 0.6 is 0 Å². The first-order valence-corrected chi connectivity index (χ1v) is 17.7. The van der Waals surface area contributed by atoms with Crippen LogP contribution in [-0.2, 0) is 5.41 Å². The maximum absolute atomic E-state index is 9.66. The average Bonchev–Trinajstić information content (AvgIpc) is 3.46. The number of nitrogens with zero attached hydrogens (tertiary/aromatic N) is 5. The van der Waals surface area contributed by atoms with Gasteiger partial charge in [-0.05, 0) is 98.1 Å². The Hall–Kier alpha value is -7.03. The molecule has 0 radical (unpaired) electrons. The van der Waals surface area contributed by atoms with Gasteiger partial charge in [-0.1, -0.05) is 123 Å². The van der Waals surface area contributed by atoms with Crippen molar-refractivity contribution in [2.24, 2.45) is 0 Å². The summed E-state index contributed by atoms with van der Waals surface area (Å²) in [6.07, 6.45) is 3.68. The summed E-state index contributed by atoms with van der Waals surface area (Å²) in [5.41, 5.74) is 14.5. The van der Waals surface area contributed by atoms with Gasteiger partial charge in [0.15, 0.2) is 17.5 Å². The summed E-state index contributed by atoms with van der Waals surface area (Å²) >= 11 is 0. The summed E-state index contributed by atoms with van der Waals surface area (Å²) in [5.74, 6) is 1.85. The van der Waals surface area contributed by atoms with E-state index in [0.717, 1.165) is 50.1 Å². The monoisotopic (exact) mass is 679 g/mol. The highest BCUT2D eigenvalue weighted by molar-refractivity contribution is 5.86. The molecule has 0 saturated heterocycles. The number of aromatic nitrogens is 4. The molecule has 5 heteroatoms. The average molecular weight is 680 g/mol. The number of benzene rings is 6. The lowest BCUT2D eigenvalue weighted by Gasteiger charge is -2.22. The SMILES string of the molecule is CC1(C)c2cc(C#N)ccc2-c2ccc(-c3cc(-c4ccc(-c5cccnc5)cc4)cc(-c4nc(-c5ccccc5)nc(-c5ccccc5)n4)c3)cc21. The zero-order chi connectivity index (χ0) is 35.9. The first kappa shape index (κ1) is 31.9. The molecule has 6 aromatic carbocycles. The molecule has 0 fully saturated rings. The molecule has 1 aliphatic rings. The first-order valence-electron chi connectivity index (χ1n) is 17.7. The van der Waals surface area contributed by atoms with E-state index in [1.54, 1.807) is 6.20 Å². The van der Waals surface area contributed by atoms with Gasteiger partial charge in [-0.25, -0.2) is 15.0 Å². The Labute approximate surface area is 309 Å². The first-order chi connectivity index (χ1) is 25.9. The predicted molar refractivity (Wildman–Crippen MR) is 213 cm³/mol. The number of hydrogen-bond donors (Lipinski definition) is 0. The van der Waals surface area contributed by atoms with Crippen molar-refractivity contribution in [2.75, 3.05) is 0 Å². The van der Waals surface area contributed by atoms with Gasteiger partial charge >= 0.3 is 0 Å². The molecule has 2 aromatic heterocycles. The van der Waals surface area contributed by atoms with Gasteiger partial charge in [-0.3, -0.25) is 4.98 Å². The van der Waals surface area contributed by atoms with Crippen molar-refractivity contribution < 1.29 is 0 Å². The van der Waals surface area contributed by atoms with Crippen LogP contribution in [0.4, 0.5) is 0 Å². The topological polar surface area (TPSA) is 75.3 Å². The molecule has 250 valence electrons. The lowest BCUT2D eigenvalue weighted by atomic mass is 9.81. The summed E-state index contributed by atoms with van der Waals surface area (Å²) < 4.78 is 0. The van der Waals surface area contributed by atoms with Gasteiger partial charge in [0.25, 0.3) is 0 Å². The van der Waals surface area contributed by atoms with Crippen molar-refractivity contribution >= 4 is 0 Å². The Kier molecular flexibility index (Phi) is 7.79. The molecule has 53 heavy (non-hydrogen) atoms. The molecule has 0 aliphatic heterocycles. The van der Waals surface area contributed by atoms with Crippen LogP contribution in [0.2, 0.25) is 0 Å². The zero-order valence-electron chi connectivity index (χ0n) is 29.3. The van der Waals surface area contributed by atoms with Crippen LogP contribution in [0.15, 0.2) is 164 Å². The summed E-state index contributed by atoms with van der Waals surface area (Å²) in [7, 11) is 0. The second-order valence-electron chi connectivity index (χ2n) is 13.9. The molecule has 8 aromatic rings. The van der Waals surface area contributed by atoms with E-state index in [-0.39, 0.29) is 5.41 Å². The van der Waals surface area contributed by atoms with E-state index < -0.39 is 0 Å². The van der Waals surface area contributed by atoms with Gasteiger partial charge in [0, 0.05) is 34.5 Å². The van der Waals surface area contributed by atoms with Gasteiger partial charge in [0.2, 0.25) is 0 Å². The summed E-state index contributed by atoms with van der Waals surface area (Å²) in [6.45, 7) is 4.49. The van der Waals surface area contributed by atoms with E-state index in [1.165, 1.54) is 22.3 Å². The number of nitriles is 1. The third kappa shape index (κ3) is 5.87. The molecular weight excluding hydrogens is 647 g/mol. The molecule has 2 heterocycles. The fourth-order valence-corrected chi connectivity index (χ4v) is 7.40. The van der Waals surface area contributed by atoms with E-state index in [9.17, 15) is 5.26 Å². The normalized spacial score (nSPS) is 12.5. The molecule has 0 amide bonds. The van der Waals surface area contributed by atoms with E-state index in [4.69, 9.17) is 15.0 Å². The van der Waals surface area contributed by atoms with Crippen molar-refractivity contribution in [1.82, 2.24) is 19.9 Å². The van der Waals surface area contributed by atoms with Gasteiger partial charge < -0.3 is 0 Å². The minimum absolute atomic E-state index is 0.264. The van der Waals surface area contributed by atoms with Crippen molar-refractivity contribution in [1.29, 1.82) is 5.26 Å². The smallest absolute Gasteiger partial charge is 0.164 e. The molecule has 0 unspecified atom stereocenters. The van der Waals surface area contributed by atoms with Gasteiger partial charge in [-0.2, -0.15) is 5.26 Å². The minimum Gasteiger partial charge on any atom is -0.264 e. The molecular formula is C48H33N5. The van der Waals surface area contributed by atoms with Crippen LogP contribution in [0.1, 0.15) is 30.5 Å². The molecule has 0 N–H and O–H groups in total. The van der Waals surface area contributed by atoms with Crippen molar-refractivity contribution in [3.63, 3.8) is 0 Å². The lowest BCUT2D eigenvalue weighted by Crippen LogP contribution is -2.15. The van der Waals surface area contributed by atoms with E-state index in [0.29, 0.717) is 23.0 Å². The zero-order valence-corrected chi connectivity index (χ0v) is 29.3. The lowest BCUT2D eigenvalue weighted by molar-refractivity contribution is 0.660. The van der Waals surface area contributed by atoms with Crippen molar-refractivity contribution in [3.8, 4) is 84.7 Å². The fraction of sp³-hybridized carbons (Fsp3) is 0.0625. The molecule has 9 rings (SSSR count).